The standard InChI is InChI=1S/C20H22N2O3/c1-4-14-18(20(23)25-3)17-15(10-11-16(24-2)19(17)21)22(14)12-13-8-6-5-7-9-13/h5-11H,4,12,21H2,1-3H3. The van der Waals surface area contributed by atoms with Crippen molar-refractivity contribution in [3.05, 3.63) is 59.3 Å². The Morgan fingerprint density at radius 1 is 1.12 bits per heavy atom. The van der Waals surface area contributed by atoms with Crippen LogP contribution < -0.4 is 10.5 Å². The van der Waals surface area contributed by atoms with Gasteiger partial charge in [0.1, 0.15) is 5.75 Å². The lowest BCUT2D eigenvalue weighted by molar-refractivity contribution is 0.0601. The van der Waals surface area contributed by atoms with E-state index in [2.05, 4.69) is 16.7 Å². The lowest BCUT2D eigenvalue weighted by Crippen LogP contribution is -2.09. The van der Waals surface area contributed by atoms with E-state index in [-0.39, 0.29) is 5.97 Å². The van der Waals surface area contributed by atoms with E-state index < -0.39 is 0 Å². The molecule has 0 aliphatic carbocycles. The van der Waals surface area contributed by atoms with Crippen molar-refractivity contribution < 1.29 is 14.3 Å². The minimum absolute atomic E-state index is 0.381. The number of fused-ring (bicyclic) bond motifs is 1. The molecule has 0 bridgehead atoms. The number of hydrogen-bond donors (Lipinski definition) is 1. The van der Waals surface area contributed by atoms with Crippen LogP contribution in [-0.4, -0.2) is 24.8 Å². The van der Waals surface area contributed by atoms with Crippen LogP contribution in [0.2, 0.25) is 0 Å². The third-order valence-electron chi connectivity index (χ3n) is 4.47. The van der Waals surface area contributed by atoms with Crippen LogP contribution in [0, 0.1) is 0 Å². The molecule has 2 aromatic carbocycles. The molecule has 130 valence electrons. The molecule has 1 heterocycles. The highest BCUT2D eigenvalue weighted by atomic mass is 16.5. The molecule has 3 aromatic rings. The molecule has 3 rings (SSSR count). The Kier molecular flexibility index (Phi) is 4.65. The molecule has 0 fully saturated rings. The number of benzene rings is 2. The Morgan fingerprint density at radius 2 is 1.84 bits per heavy atom. The van der Waals surface area contributed by atoms with Crippen LogP contribution in [0.3, 0.4) is 0 Å². The Balaban J connectivity index is 2.32. The minimum Gasteiger partial charge on any atom is -0.495 e. The fourth-order valence-electron chi connectivity index (χ4n) is 3.32. The number of hydrogen-bond acceptors (Lipinski definition) is 4. The number of methoxy groups -OCH3 is 2. The van der Waals surface area contributed by atoms with Crippen molar-refractivity contribution in [2.75, 3.05) is 20.0 Å². The van der Waals surface area contributed by atoms with Gasteiger partial charge in [-0.05, 0) is 24.1 Å². The molecule has 5 heteroatoms. The van der Waals surface area contributed by atoms with E-state index in [4.69, 9.17) is 15.2 Å². The van der Waals surface area contributed by atoms with E-state index in [1.807, 2.05) is 37.3 Å². The molecule has 0 spiro atoms. The van der Waals surface area contributed by atoms with Gasteiger partial charge in [-0.1, -0.05) is 37.3 Å². The molecule has 1 aromatic heterocycles. The summed E-state index contributed by atoms with van der Waals surface area (Å²) in [5.74, 6) is 0.172. The average molecular weight is 338 g/mol. The molecule has 0 amide bonds. The molecule has 2 N–H and O–H groups in total. The highest BCUT2D eigenvalue weighted by molar-refractivity contribution is 6.11. The number of aromatic nitrogens is 1. The van der Waals surface area contributed by atoms with Gasteiger partial charge in [0.05, 0.1) is 31.0 Å². The molecular formula is C20H22N2O3. The first-order chi connectivity index (χ1) is 12.1. The molecule has 0 saturated heterocycles. The fraction of sp³-hybridized carbons (Fsp3) is 0.250. The SMILES string of the molecule is CCc1c(C(=O)OC)c2c(N)c(OC)ccc2n1Cc1ccccc1. The zero-order chi connectivity index (χ0) is 18.0. The second-order valence-corrected chi connectivity index (χ2v) is 5.81. The second kappa shape index (κ2) is 6.89. The minimum atomic E-state index is -0.381. The van der Waals surface area contributed by atoms with E-state index in [1.165, 1.54) is 7.11 Å². The lowest BCUT2D eigenvalue weighted by atomic mass is 10.1. The van der Waals surface area contributed by atoms with Crippen LogP contribution >= 0.6 is 0 Å². The van der Waals surface area contributed by atoms with Crippen molar-refractivity contribution >= 4 is 22.6 Å². The summed E-state index contributed by atoms with van der Waals surface area (Å²) in [6.45, 7) is 2.68. The Morgan fingerprint density at radius 3 is 2.44 bits per heavy atom. The third-order valence-corrected chi connectivity index (χ3v) is 4.47. The summed E-state index contributed by atoms with van der Waals surface area (Å²) in [5, 5.41) is 0.694. The molecule has 5 nitrogen and oxygen atoms in total. The maximum atomic E-state index is 12.5. The molecule has 0 radical (unpaired) electrons. The number of rotatable bonds is 5. The number of esters is 1. The van der Waals surface area contributed by atoms with Gasteiger partial charge in [0.2, 0.25) is 0 Å². The number of ether oxygens (including phenoxy) is 2. The number of nitrogen functional groups attached to an aromatic ring is 1. The van der Waals surface area contributed by atoms with Gasteiger partial charge < -0.3 is 19.8 Å². The molecule has 0 aliphatic rings. The fourth-order valence-corrected chi connectivity index (χ4v) is 3.32. The van der Waals surface area contributed by atoms with Crippen LogP contribution in [0.4, 0.5) is 5.69 Å². The summed E-state index contributed by atoms with van der Waals surface area (Å²) in [4.78, 5) is 12.5. The van der Waals surface area contributed by atoms with Crippen LogP contribution in [0.5, 0.6) is 5.75 Å². The molecule has 0 atom stereocenters. The van der Waals surface area contributed by atoms with E-state index >= 15 is 0 Å². The van der Waals surface area contributed by atoms with Gasteiger partial charge in [-0.2, -0.15) is 0 Å². The summed E-state index contributed by atoms with van der Waals surface area (Å²) in [5.41, 5.74) is 10.3. The van der Waals surface area contributed by atoms with Crippen molar-refractivity contribution in [2.24, 2.45) is 0 Å². The van der Waals surface area contributed by atoms with Gasteiger partial charge in [-0.3, -0.25) is 0 Å². The van der Waals surface area contributed by atoms with Gasteiger partial charge in [0.25, 0.3) is 0 Å². The van der Waals surface area contributed by atoms with Crippen molar-refractivity contribution in [3.63, 3.8) is 0 Å². The number of carbonyl (C=O) groups is 1. The van der Waals surface area contributed by atoms with Gasteiger partial charge in [0, 0.05) is 17.6 Å². The smallest absolute Gasteiger partial charge is 0.340 e. The highest BCUT2D eigenvalue weighted by Crippen LogP contribution is 2.37. The predicted molar refractivity (Wildman–Crippen MR) is 99.2 cm³/mol. The molecule has 0 unspecified atom stereocenters. The summed E-state index contributed by atoms with van der Waals surface area (Å²) in [7, 11) is 2.95. The maximum absolute atomic E-state index is 12.5. The topological polar surface area (TPSA) is 66.5 Å². The second-order valence-electron chi connectivity index (χ2n) is 5.81. The van der Waals surface area contributed by atoms with Crippen molar-refractivity contribution in [1.29, 1.82) is 0 Å². The van der Waals surface area contributed by atoms with Gasteiger partial charge >= 0.3 is 5.97 Å². The van der Waals surface area contributed by atoms with E-state index in [9.17, 15) is 4.79 Å². The Bertz CT molecular complexity index is 914. The molecule has 0 saturated carbocycles. The molecule has 0 aliphatic heterocycles. The Hall–Kier alpha value is -2.95. The maximum Gasteiger partial charge on any atom is 0.340 e. The van der Waals surface area contributed by atoms with Gasteiger partial charge in [0.15, 0.2) is 0 Å². The van der Waals surface area contributed by atoms with Gasteiger partial charge in [-0.25, -0.2) is 4.79 Å². The normalized spacial score (nSPS) is 10.8. The van der Waals surface area contributed by atoms with E-state index in [1.54, 1.807) is 7.11 Å². The Labute approximate surface area is 147 Å². The van der Waals surface area contributed by atoms with Crippen LogP contribution in [-0.2, 0) is 17.7 Å². The first-order valence-electron chi connectivity index (χ1n) is 8.22. The third kappa shape index (κ3) is 2.82. The lowest BCUT2D eigenvalue weighted by Gasteiger charge is -2.11. The van der Waals surface area contributed by atoms with Crippen molar-refractivity contribution in [2.45, 2.75) is 19.9 Å². The summed E-state index contributed by atoms with van der Waals surface area (Å²) < 4.78 is 12.5. The average Bonchev–Trinajstić information content (AvgIpc) is 2.96. The highest BCUT2D eigenvalue weighted by Gasteiger charge is 2.25. The number of nitrogens with zero attached hydrogens (tertiary/aromatic N) is 1. The van der Waals surface area contributed by atoms with Crippen LogP contribution in [0.1, 0.15) is 28.5 Å². The first kappa shape index (κ1) is 16.9. The van der Waals surface area contributed by atoms with Crippen LogP contribution in [0.15, 0.2) is 42.5 Å². The largest absolute Gasteiger partial charge is 0.495 e. The summed E-state index contributed by atoms with van der Waals surface area (Å²) >= 11 is 0. The molecule has 25 heavy (non-hydrogen) atoms. The number of nitrogens with two attached hydrogens (primary N) is 1. The zero-order valence-corrected chi connectivity index (χ0v) is 14.7. The predicted octanol–water partition coefficient (Wildman–Crippen LogP) is 3.63. The van der Waals surface area contributed by atoms with Crippen molar-refractivity contribution in [3.8, 4) is 5.75 Å². The quantitative estimate of drug-likeness (QED) is 0.570. The summed E-state index contributed by atoms with van der Waals surface area (Å²) in [6, 6.07) is 13.9. The number of anilines is 1. The van der Waals surface area contributed by atoms with E-state index in [0.29, 0.717) is 35.4 Å². The van der Waals surface area contributed by atoms with E-state index in [0.717, 1.165) is 16.8 Å². The number of carbonyl (C=O) groups excluding carboxylic acids is 1. The summed E-state index contributed by atoms with van der Waals surface area (Å²) in [6.07, 6.45) is 0.688. The van der Waals surface area contributed by atoms with Gasteiger partial charge in [-0.15, -0.1) is 0 Å². The zero-order valence-electron chi connectivity index (χ0n) is 14.7. The van der Waals surface area contributed by atoms with Crippen molar-refractivity contribution in [1.82, 2.24) is 4.57 Å². The molecular weight excluding hydrogens is 316 g/mol. The van der Waals surface area contributed by atoms with Crippen LogP contribution in [0.25, 0.3) is 10.9 Å². The monoisotopic (exact) mass is 338 g/mol. The first-order valence-corrected chi connectivity index (χ1v) is 8.22.